The molecule has 1 unspecified atom stereocenters. The largest absolute Gasteiger partial charge is 0.372 e. The third kappa shape index (κ3) is 5.63. The number of primary amides is 1. The van der Waals surface area contributed by atoms with Gasteiger partial charge in [-0.2, -0.15) is 5.10 Å². The number of hydrogen-bond donors (Lipinski definition) is 2. The van der Waals surface area contributed by atoms with Gasteiger partial charge in [-0.25, -0.2) is 9.67 Å². The summed E-state index contributed by atoms with van der Waals surface area (Å²) in [5.74, 6) is -2.68. The molecule has 0 aliphatic carbocycles. The summed E-state index contributed by atoms with van der Waals surface area (Å²) in [5, 5.41) is 7.70. The SMILES string of the molecule is NC(=O)C1(C(Cc2ccccc2)NC(=O)c2cccnc2-n2ccc(-c3ccc(N4CCCCC4)cc3)n2)OCCO1. The summed E-state index contributed by atoms with van der Waals surface area (Å²) in [4.78, 5) is 33.3. The average molecular weight is 567 g/mol. The Hall–Kier alpha value is -4.54. The van der Waals surface area contributed by atoms with Crippen molar-refractivity contribution >= 4 is 17.5 Å². The minimum atomic E-state index is -1.78. The zero-order valence-corrected chi connectivity index (χ0v) is 23.3. The number of anilines is 1. The minimum absolute atomic E-state index is 0.192. The third-order valence-corrected chi connectivity index (χ3v) is 7.83. The first kappa shape index (κ1) is 27.6. The van der Waals surface area contributed by atoms with Crippen LogP contribution in [0.25, 0.3) is 17.1 Å². The molecular weight excluding hydrogens is 532 g/mol. The topological polar surface area (TPSA) is 125 Å². The first-order valence-electron chi connectivity index (χ1n) is 14.3. The second-order valence-electron chi connectivity index (χ2n) is 10.6. The molecule has 0 bridgehead atoms. The molecule has 2 aromatic heterocycles. The van der Waals surface area contributed by atoms with Gasteiger partial charge in [0.25, 0.3) is 17.6 Å². The van der Waals surface area contributed by atoms with E-state index >= 15 is 0 Å². The van der Waals surface area contributed by atoms with E-state index in [-0.39, 0.29) is 25.2 Å². The van der Waals surface area contributed by atoms with Gasteiger partial charge in [0.05, 0.1) is 30.5 Å². The minimum Gasteiger partial charge on any atom is -0.372 e. The van der Waals surface area contributed by atoms with Crippen LogP contribution in [0.15, 0.2) is 85.2 Å². The number of nitrogens with two attached hydrogens (primary N) is 1. The quantitative estimate of drug-likeness (QED) is 0.318. The van der Waals surface area contributed by atoms with E-state index in [1.807, 2.05) is 36.4 Å². The van der Waals surface area contributed by atoms with Gasteiger partial charge in [0.15, 0.2) is 5.82 Å². The van der Waals surface area contributed by atoms with Gasteiger partial charge in [0.1, 0.15) is 0 Å². The Balaban J connectivity index is 1.25. The van der Waals surface area contributed by atoms with Crippen molar-refractivity contribution in [3.05, 3.63) is 96.3 Å². The normalized spacial score (nSPS) is 17.1. The molecule has 4 heterocycles. The van der Waals surface area contributed by atoms with Crippen molar-refractivity contribution in [2.45, 2.75) is 37.5 Å². The van der Waals surface area contributed by atoms with E-state index in [2.05, 4.69) is 39.5 Å². The molecule has 0 spiro atoms. The highest BCUT2D eigenvalue weighted by molar-refractivity contribution is 5.98. The number of carbonyl (C=O) groups is 2. The molecule has 2 aliphatic heterocycles. The van der Waals surface area contributed by atoms with Crippen LogP contribution >= 0.6 is 0 Å². The second kappa shape index (κ2) is 12.1. The van der Waals surface area contributed by atoms with Crippen LogP contribution < -0.4 is 16.0 Å². The fourth-order valence-corrected chi connectivity index (χ4v) is 5.66. The molecule has 10 heteroatoms. The second-order valence-corrected chi connectivity index (χ2v) is 10.6. The predicted molar refractivity (Wildman–Crippen MR) is 158 cm³/mol. The first-order valence-corrected chi connectivity index (χ1v) is 14.3. The molecular formula is C32H34N6O4. The molecule has 10 nitrogen and oxygen atoms in total. The number of ether oxygens (including phenoxy) is 2. The number of amides is 2. The molecule has 2 fully saturated rings. The molecule has 2 amide bonds. The summed E-state index contributed by atoms with van der Waals surface area (Å²) in [7, 11) is 0. The van der Waals surface area contributed by atoms with Crippen LogP contribution in [-0.2, 0) is 20.7 Å². The summed E-state index contributed by atoms with van der Waals surface area (Å²) < 4.78 is 13.1. The highest BCUT2D eigenvalue weighted by atomic mass is 16.7. The number of rotatable bonds is 9. The van der Waals surface area contributed by atoms with Crippen LogP contribution in [0.5, 0.6) is 0 Å². The molecule has 42 heavy (non-hydrogen) atoms. The molecule has 4 aromatic rings. The summed E-state index contributed by atoms with van der Waals surface area (Å²) in [6.07, 6.45) is 7.40. The van der Waals surface area contributed by atoms with Crippen LogP contribution in [-0.4, -0.2) is 64.7 Å². The summed E-state index contributed by atoms with van der Waals surface area (Å²) >= 11 is 0. The van der Waals surface area contributed by atoms with E-state index in [1.54, 1.807) is 29.2 Å². The molecule has 1 atom stereocenters. The van der Waals surface area contributed by atoms with Crippen molar-refractivity contribution in [1.82, 2.24) is 20.1 Å². The molecule has 2 saturated heterocycles. The van der Waals surface area contributed by atoms with E-state index in [1.165, 1.54) is 24.9 Å². The van der Waals surface area contributed by atoms with Crippen molar-refractivity contribution in [1.29, 1.82) is 0 Å². The van der Waals surface area contributed by atoms with Gasteiger partial charge in [0.2, 0.25) is 0 Å². The molecule has 0 saturated carbocycles. The highest BCUT2D eigenvalue weighted by Gasteiger charge is 2.51. The van der Waals surface area contributed by atoms with E-state index in [4.69, 9.17) is 20.3 Å². The Kier molecular flexibility index (Phi) is 7.98. The number of carbonyl (C=O) groups excluding carboxylic acids is 2. The van der Waals surface area contributed by atoms with Crippen LogP contribution in [0.4, 0.5) is 5.69 Å². The van der Waals surface area contributed by atoms with Crippen LogP contribution in [0.1, 0.15) is 35.2 Å². The molecule has 0 radical (unpaired) electrons. The van der Waals surface area contributed by atoms with Crippen LogP contribution in [0, 0.1) is 0 Å². The van der Waals surface area contributed by atoms with Crippen molar-refractivity contribution in [2.75, 3.05) is 31.2 Å². The maximum atomic E-state index is 13.8. The zero-order valence-electron chi connectivity index (χ0n) is 23.3. The van der Waals surface area contributed by atoms with E-state index in [9.17, 15) is 9.59 Å². The number of benzene rings is 2. The number of nitrogens with zero attached hydrogens (tertiary/aromatic N) is 4. The average Bonchev–Trinajstić information content (AvgIpc) is 3.74. The lowest BCUT2D eigenvalue weighted by Gasteiger charge is -2.33. The van der Waals surface area contributed by atoms with Gasteiger partial charge in [-0.3, -0.25) is 9.59 Å². The Morgan fingerprint density at radius 2 is 1.67 bits per heavy atom. The van der Waals surface area contributed by atoms with Crippen LogP contribution in [0.2, 0.25) is 0 Å². The van der Waals surface area contributed by atoms with E-state index in [0.29, 0.717) is 5.82 Å². The number of nitrogens with one attached hydrogen (secondary N) is 1. The number of pyridine rings is 1. The highest BCUT2D eigenvalue weighted by Crippen LogP contribution is 2.28. The zero-order chi connectivity index (χ0) is 28.9. The maximum absolute atomic E-state index is 13.8. The lowest BCUT2D eigenvalue weighted by molar-refractivity contribution is -0.189. The monoisotopic (exact) mass is 566 g/mol. The Morgan fingerprint density at radius 1 is 0.929 bits per heavy atom. The fraction of sp³-hybridized carbons (Fsp3) is 0.312. The first-order chi connectivity index (χ1) is 20.5. The number of piperidine rings is 1. The molecule has 3 N–H and O–H groups in total. The van der Waals surface area contributed by atoms with Crippen molar-refractivity contribution in [3.8, 4) is 17.1 Å². The number of aromatic nitrogens is 3. The van der Waals surface area contributed by atoms with Gasteiger partial charge < -0.3 is 25.4 Å². The standard InChI is InChI=1S/C32H34N6O4/c33-31(40)32(41-20-21-42-32)28(22-23-8-3-1-4-9-23)35-30(39)26-10-7-16-34-29(26)38-19-15-27(36-38)24-11-13-25(14-12-24)37-17-5-2-6-18-37/h1,3-4,7-16,19,28H,2,5-6,17-18,20-22H2,(H2,33,40)(H,35,39). The predicted octanol–water partition coefficient (Wildman–Crippen LogP) is 3.49. The van der Waals surface area contributed by atoms with Crippen molar-refractivity contribution in [3.63, 3.8) is 0 Å². The van der Waals surface area contributed by atoms with Crippen molar-refractivity contribution < 1.29 is 19.1 Å². The van der Waals surface area contributed by atoms with E-state index < -0.39 is 23.6 Å². The van der Waals surface area contributed by atoms with Gasteiger partial charge in [-0.15, -0.1) is 0 Å². The van der Waals surface area contributed by atoms with E-state index in [0.717, 1.165) is 29.9 Å². The smallest absolute Gasteiger partial charge is 0.280 e. The fourth-order valence-electron chi connectivity index (χ4n) is 5.66. The third-order valence-electron chi connectivity index (χ3n) is 7.83. The Morgan fingerprint density at radius 3 is 2.38 bits per heavy atom. The van der Waals surface area contributed by atoms with Gasteiger partial charge in [-0.1, -0.05) is 42.5 Å². The Bertz CT molecular complexity index is 1530. The molecule has 6 rings (SSSR count). The van der Waals surface area contributed by atoms with Gasteiger partial charge in [0, 0.05) is 36.7 Å². The lowest BCUT2D eigenvalue weighted by atomic mass is 9.97. The summed E-state index contributed by atoms with van der Waals surface area (Å²) in [6, 6.07) is 22.2. The van der Waals surface area contributed by atoms with Gasteiger partial charge >= 0.3 is 0 Å². The molecule has 2 aliphatic rings. The lowest BCUT2D eigenvalue weighted by Crippen LogP contribution is -2.61. The Labute approximate surface area is 244 Å². The van der Waals surface area contributed by atoms with Gasteiger partial charge in [-0.05, 0) is 61.6 Å². The van der Waals surface area contributed by atoms with Crippen molar-refractivity contribution in [2.24, 2.45) is 5.73 Å². The summed E-state index contributed by atoms with van der Waals surface area (Å²) in [6.45, 7) is 2.56. The van der Waals surface area contributed by atoms with Crippen LogP contribution in [0.3, 0.4) is 0 Å². The summed E-state index contributed by atoms with van der Waals surface area (Å²) in [5.41, 5.74) is 9.88. The number of hydrogen-bond acceptors (Lipinski definition) is 7. The maximum Gasteiger partial charge on any atom is 0.280 e. The molecule has 2 aromatic carbocycles. The molecule has 216 valence electrons.